The van der Waals surface area contributed by atoms with Crippen molar-refractivity contribution in [1.82, 2.24) is 4.90 Å². The third kappa shape index (κ3) is 5.93. The maximum atomic E-state index is 12.1. The Kier molecular flexibility index (Phi) is 5.83. The highest BCUT2D eigenvalue weighted by molar-refractivity contribution is 5.81. The van der Waals surface area contributed by atoms with Crippen LogP contribution in [0.3, 0.4) is 0 Å². The van der Waals surface area contributed by atoms with Crippen LogP contribution in [0.4, 0.5) is 13.2 Å². The zero-order chi connectivity index (χ0) is 14.6. The van der Waals surface area contributed by atoms with Crippen molar-refractivity contribution in [2.45, 2.75) is 45.7 Å². The summed E-state index contributed by atoms with van der Waals surface area (Å²) in [6, 6.07) is 0. The van der Waals surface area contributed by atoms with Crippen LogP contribution < -0.4 is 0 Å². The van der Waals surface area contributed by atoms with Gasteiger partial charge >= 0.3 is 6.18 Å². The van der Waals surface area contributed by atoms with E-state index in [-0.39, 0.29) is 18.2 Å². The predicted molar refractivity (Wildman–Crippen MR) is 68.8 cm³/mol. The Balaban J connectivity index is 2.43. The molecular formula is C14H24F3NO. The molecule has 0 amide bonds. The number of alkyl halides is 3. The molecule has 1 saturated carbocycles. The van der Waals surface area contributed by atoms with Gasteiger partial charge in [-0.1, -0.05) is 13.8 Å². The van der Waals surface area contributed by atoms with Gasteiger partial charge in [-0.2, -0.15) is 13.2 Å². The Hall–Kier alpha value is -0.580. The molecule has 0 heterocycles. The van der Waals surface area contributed by atoms with E-state index in [4.69, 9.17) is 0 Å². The molecule has 0 bridgehead atoms. The molecule has 1 aliphatic rings. The number of halogens is 3. The van der Waals surface area contributed by atoms with Crippen LogP contribution >= 0.6 is 0 Å². The number of ketones is 1. The van der Waals surface area contributed by atoms with Crippen molar-refractivity contribution in [2.75, 3.05) is 20.1 Å². The van der Waals surface area contributed by atoms with Crippen molar-refractivity contribution in [3.05, 3.63) is 0 Å². The van der Waals surface area contributed by atoms with Crippen LogP contribution in [0.15, 0.2) is 0 Å². The fourth-order valence-corrected chi connectivity index (χ4v) is 2.71. The second kappa shape index (κ2) is 6.73. The number of rotatable bonds is 5. The minimum atomic E-state index is -4.12. The summed E-state index contributed by atoms with van der Waals surface area (Å²) in [6.45, 7) is 4.72. The quantitative estimate of drug-likeness (QED) is 0.767. The summed E-state index contributed by atoms with van der Waals surface area (Å²) >= 11 is 0. The molecule has 0 spiro atoms. The van der Waals surface area contributed by atoms with Crippen molar-refractivity contribution >= 4 is 5.78 Å². The molecule has 1 aliphatic carbocycles. The first-order chi connectivity index (χ1) is 8.69. The molecule has 19 heavy (non-hydrogen) atoms. The zero-order valence-electron chi connectivity index (χ0n) is 12.0. The number of carbonyl (C=O) groups excluding carboxylic acids is 1. The molecule has 1 fully saturated rings. The van der Waals surface area contributed by atoms with Crippen LogP contribution in [0.2, 0.25) is 0 Å². The molecular weight excluding hydrogens is 255 g/mol. The largest absolute Gasteiger partial charge is 0.390 e. The molecule has 112 valence electrons. The van der Waals surface area contributed by atoms with Crippen molar-refractivity contribution in [1.29, 1.82) is 0 Å². The number of Topliss-reactive ketones (excluding diaryl/α,β-unsaturated/α-hetero) is 1. The highest BCUT2D eigenvalue weighted by atomic mass is 19.4. The van der Waals surface area contributed by atoms with Crippen molar-refractivity contribution in [2.24, 2.45) is 17.8 Å². The Morgan fingerprint density at radius 1 is 1.37 bits per heavy atom. The van der Waals surface area contributed by atoms with Crippen molar-refractivity contribution in [3.63, 3.8) is 0 Å². The van der Waals surface area contributed by atoms with Gasteiger partial charge < -0.3 is 4.90 Å². The van der Waals surface area contributed by atoms with Gasteiger partial charge in [0.2, 0.25) is 0 Å². The first-order valence-corrected chi connectivity index (χ1v) is 6.97. The number of carbonyl (C=O) groups is 1. The van der Waals surface area contributed by atoms with Crippen LogP contribution in [-0.4, -0.2) is 37.0 Å². The Labute approximate surface area is 113 Å². The third-order valence-corrected chi connectivity index (χ3v) is 4.06. The van der Waals surface area contributed by atoms with E-state index in [0.29, 0.717) is 24.8 Å². The lowest BCUT2D eigenvalue weighted by molar-refractivity contribution is -0.138. The summed E-state index contributed by atoms with van der Waals surface area (Å²) in [6.07, 6.45) is -2.59. The molecule has 5 heteroatoms. The second-order valence-corrected chi connectivity index (χ2v) is 6.07. The van der Waals surface area contributed by atoms with Crippen LogP contribution in [-0.2, 0) is 4.79 Å². The lowest BCUT2D eigenvalue weighted by Crippen LogP contribution is -2.37. The molecule has 0 radical (unpaired) electrons. The number of nitrogens with zero attached hydrogens (tertiary/aromatic N) is 1. The summed E-state index contributed by atoms with van der Waals surface area (Å²) in [7, 11) is 1.66. The topological polar surface area (TPSA) is 20.3 Å². The average Bonchev–Trinajstić information content (AvgIpc) is 2.28. The van der Waals surface area contributed by atoms with Gasteiger partial charge in [0, 0.05) is 25.4 Å². The molecule has 0 N–H and O–H groups in total. The zero-order valence-corrected chi connectivity index (χ0v) is 12.0. The summed E-state index contributed by atoms with van der Waals surface area (Å²) in [4.78, 5) is 13.5. The normalized spacial score (nSPS) is 25.4. The van der Waals surface area contributed by atoms with E-state index in [2.05, 4.69) is 13.8 Å². The van der Waals surface area contributed by atoms with Gasteiger partial charge in [0.25, 0.3) is 0 Å². The molecule has 0 aromatic heterocycles. The molecule has 1 rings (SSSR count). The molecule has 0 aliphatic heterocycles. The van der Waals surface area contributed by atoms with Crippen LogP contribution in [0.1, 0.15) is 39.5 Å². The lowest BCUT2D eigenvalue weighted by Gasteiger charge is -2.33. The molecule has 2 nitrogen and oxygen atoms in total. The van der Waals surface area contributed by atoms with Crippen LogP contribution in [0, 0.1) is 17.8 Å². The fourth-order valence-electron chi connectivity index (χ4n) is 2.71. The molecule has 0 aromatic rings. The Bertz CT molecular complexity index is 302. The van der Waals surface area contributed by atoms with Gasteiger partial charge in [-0.05, 0) is 31.7 Å². The minimum absolute atomic E-state index is 0.0281. The molecule has 0 aromatic carbocycles. The van der Waals surface area contributed by atoms with Gasteiger partial charge in [-0.3, -0.25) is 4.79 Å². The van der Waals surface area contributed by atoms with Crippen LogP contribution in [0.25, 0.3) is 0 Å². The van der Waals surface area contributed by atoms with Gasteiger partial charge in [0.15, 0.2) is 0 Å². The molecule has 0 saturated heterocycles. The average molecular weight is 279 g/mol. The van der Waals surface area contributed by atoms with Gasteiger partial charge in [0.1, 0.15) is 5.78 Å². The summed E-state index contributed by atoms with van der Waals surface area (Å²) in [5, 5.41) is 0. The summed E-state index contributed by atoms with van der Waals surface area (Å²) < 4.78 is 36.4. The summed E-state index contributed by atoms with van der Waals surface area (Å²) in [5.74, 6) is 1.20. The standard InChI is InChI=1S/C14H24F3NO/c1-10(2)11-4-5-13(19)12(8-11)9-18(3)7-6-14(15,16)17/h10-12H,4-9H2,1-3H3. The van der Waals surface area contributed by atoms with Gasteiger partial charge in [0.05, 0.1) is 6.42 Å². The Morgan fingerprint density at radius 3 is 2.53 bits per heavy atom. The van der Waals surface area contributed by atoms with Gasteiger partial charge in [-0.25, -0.2) is 0 Å². The van der Waals surface area contributed by atoms with Crippen molar-refractivity contribution < 1.29 is 18.0 Å². The number of hydrogen-bond acceptors (Lipinski definition) is 2. The van der Waals surface area contributed by atoms with E-state index in [1.54, 1.807) is 11.9 Å². The predicted octanol–water partition coefficient (Wildman–Crippen LogP) is 3.51. The van der Waals surface area contributed by atoms with Gasteiger partial charge in [-0.15, -0.1) is 0 Å². The third-order valence-electron chi connectivity index (χ3n) is 4.06. The van der Waals surface area contributed by atoms with E-state index in [0.717, 1.165) is 12.8 Å². The first-order valence-electron chi connectivity index (χ1n) is 6.97. The molecule has 2 atom stereocenters. The van der Waals surface area contributed by atoms with E-state index in [1.807, 2.05) is 0 Å². The van der Waals surface area contributed by atoms with E-state index in [1.165, 1.54) is 0 Å². The number of hydrogen-bond donors (Lipinski definition) is 0. The van der Waals surface area contributed by atoms with E-state index in [9.17, 15) is 18.0 Å². The van der Waals surface area contributed by atoms with E-state index < -0.39 is 12.6 Å². The fraction of sp³-hybridized carbons (Fsp3) is 0.929. The highest BCUT2D eigenvalue weighted by Crippen LogP contribution is 2.32. The summed E-state index contributed by atoms with van der Waals surface area (Å²) in [5.41, 5.74) is 0. The second-order valence-electron chi connectivity index (χ2n) is 6.07. The SMILES string of the molecule is CC(C)C1CCC(=O)C(CN(C)CCC(F)(F)F)C1. The first kappa shape index (κ1) is 16.5. The Morgan fingerprint density at radius 2 is 2.00 bits per heavy atom. The van der Waals surface area contributed by atoms with Crippen molar-refractivity contribution in [3.8, 4) is 0 Å². The van der Waals surface area contributed by atoms with Crippen LogP contribution in [0.5, 0.6) is 0 Å². The lowest BCUT2D eigenvalue weighted by atomic mass is 9.75. The molecule has 2 unspecified atom stereocenters. The van der Waals surface area contributed by atoms with E-state index >= 15 is 0 Å². The maximum absolute atomic E-state index is 12.1. The minimum Gasteiger partial charge on any atom is -0.305 e. The smallest absolute Gasteiger partial charge is 0.305 e. The maximum Gasteiger partial charge on any atom is 0.390 e. The monoisotopic (exact) mass is 279 g/mol. The highest BCUT2D eigenvalue weighted by Gasteiger charge is 2.32.